The van der Waals surface area contributed by atoms with Crippen LogP contribution in [0.15, 0.2) is 66.9 Å². The van der Waals surface area contributed by atoms with Gasteiger partial charge in [-0.1, -0.05) is 49.2 Å². The maximum atomic E-state index is 14.9. The zero-order valence-corrected chi connectivity index (χ0v) is 20.5. The molecule has 0 aliphatic rings. The molecule has 1 aromatic heterocycles. The van der Waals surface area contributed by atoms with E-state index in [1.807, 2.05) is 55.6 Å². The number of rotatable bonds is 7. The van der Waals surface area contributed by atoms with Crippen LogP contribution in [-0.2, 0) is 0 Å². The second kappa shape index (κ2) is 9.67. The Balaban J connectivity index is 1.96. The van der Waals surface area contributed by atoms with E-state index < -0.39 is 5.97 Å². The van der Waals surface area contributed by atoms with Crippen molar-refractivity contribution in [3.05, 3.63) is 106 Å². The molecule has 3 aromatic carbocycles. The van der Waals surface area contributed by atoms with E-state index in [-0.39, 0.29) is 23.2 Å². The molecule has 1 N–H and O–H groups in total. The quantitative estimate of drug-likeness (QED) is 0.274. The van der Waals surface area contributed by atoms with Gasteiger partial charge in [-0.15, -0.1) is 0 Å². The smallest absolute Gasteiger partial charge is 0.335 e. The van der Waals surface area contributed by atoms with E-state index in [1.165, 1.54) is 0 Å². The molecule has 0 saturated carbocycles. The average molecular weight is 482 g/mol. The first-order valence-corrected chi connectivity index (χ1v) is 11.8. The van der Waals surface area contributed by atoms with E-state index >= 15 is 0 Å². The van der Waals surface area contributed by atoms with E-state index in [0.717, 1.165) is 40.5 Å². The fourth-order valence-electron chi connectivity index (χ4n) is 4.76. The number of hydrogen-bond donors (Lipinski definition) is 1. The summed E-state index contributed by atoms with van der Waals surface area (Å²) >= 11 is 6.20. The Morgan fingerprint density at radius 2 is 1.73 bits per heavy atom. The Hall–Kier alpha value is -2.68. The van der Waals surface area contributed by atoms with E-state index in [2.05, 4.69) is 16.3 Å². The summed E-state index contributed by atoms with van der Waals surface area (Å²) in [5.41, 5.74) is 4.85. The third-order valence-corrected chi connectivity index (χ3v) is 6.87. The predicted octanol–water partition coefficient (Wildman–Crippen LogP) is 7.79. The summed E-state index contributed by atoms with van der Waals surface area (Å²) in [6, 6.07) is 18.5. The number of aromatic carboxylic acids is 1. The number of aryl methyl sites for hydroxylation is 1. The van der Waals surface area contributed by atoms with Gasteiger partial charge in [-0.25, -0.2) is 9.18 Å². The summed E-state index contributed by atoms with van der Waals surface area (Å²) in [6.45, 7) is 4.04. The summed E-state index contributed by atoms with van der Waals surface area (Å²) in [5, 5.41) is 10.9. The molecular formula is C27H26ClFNO2P. The van der Waals surface area contributed by atoms with Gasteiger partial charge in [0.1, 0.15) is 5.82 Å². The van der Waals surface area contributed by atoms with Crippen LogP contribution in [0.3, 0.4) is 0 Å². The topological polar surface area (TPSA) is 42.2 Å². The van der Waals surface area contributed by atoms with Gasteiger partial charge in [-0.05, 0) is 87.3 Å². The van der Waals surface area contributed by atoms with Gasteiger partial charge in [0.15, 0.2) is 0 Å². The second-order valence-corrected chi connectivity index (χ2v) is 9.48. The van der Waals surface area contributed by atoms with Gasteiger partial charge in [-0.2, -0.15) is 0 Å². The molecule has 0 amide bonds. The summed E-state index contributed by atoms with van der Waals surface area (Å²) < 4.78 is 16.7. The van der Waals surface area contributed by atoms with Crippen LogP contribution in [0.25, 0.3) is 10.9 Å². The number of fused-ring (bicyclic) bond motifs is 1. The Morgan fingerprint density at radius 1 is 1.09 bits per heavy atom. The molecule has 3 nitrogen and oxygen atoms in total. The predicted molar refractivity (Wildman–Crippen MR) is 136 cm³/mol. The highest BCUT2D eigenvalue weighted by Crippen LogP contribution is 2.45. The van der Waals surface area contributed by atoms with Crippen LogP contribution >= 0.6 is 21.0 Å². The summed E-state index contributed by atoms with van der Waals surface area (Å²) in [4.78, 5) is 11.4. The highest BCUT2D eigenvalue weighted by Gasteiger charge is 2.29. The highest BCUT2D eigenvalue weighted by molar-refractivity contribution is 7.14. The molecule has 6 heteroatoms. The van der Waals surface area contributed by atoms with Gasteiger partial charge in [-0.3, -0.25) is 0 Å². The van der Waals surface area contributed by atoms with Crippen LogP contribution in [0.1, 0.15) is 64.2 Å². The van der Waals surface area contributed by atoms with E-state index in [9.17, 15) is 14.3 Å². The number of nitrogens with zero attached hydrogens (tertiary/aromatic N) is 1. The molecular weight excluding hydrogens is 456 g/mol. The maximum Gasteiger partial charge on any atom is 0.335 e. The highest BCUT2D eigenvalue weighted by atomic mass is 35.5. The molecule has 1 unspecified atom stereocenters. The first-order chi connectivity index (χ1) is 15.8. The van der Waals surface area contributed by atoms with Crippen LogP contribution in [0, 0.1) is 12.7 Å². The third-order valence-electron chi connectivity index (χ3n) is 6.21. The lowest BCUT2D eigenvalue weighted by Gasteiger charge is -2.28. The van der Waals surface area contributed by atoms with Gasteiger partial charge in [0.25, 0.3) is 0 Å². The Bertz CT molecular complexity index is 1300. The Kier molecular flexibility index (Phi) is 6.88. The minimum Gasteiger partial charge on any atom is -0.478 e. The fourth-order valence-corrected chi connectivity index (χ4v) is 5.31. The molecule has 0 radical (unpaired) electrons. The molecule has 33 heavy (non-hydrogen) atoms. The third kappa shape index (κ3) is 4.69. The maximum absolute atomic E-state index is 14.9. The van der Waals surface area contributed by atoms with Crippen LogP contribution < -0.4 is 0 Å². The first-order valence-electron chi connectivity index (χ1n) is 10.9. The Morgan fingerprint density at radius 3 is 2.33 bits per heavy atom. The lowest BCUT2D eigenvalue weighted by Crippen LogP contribution is -2.13. The molecule has 0 aliphatic heterocycles. The summed E-state index contributed by atoms with van der Waals surface area (Å²) in [5.74, 6) is -1.19. The van der Waals surface area contributed by atoms with Crippen molar-refractivity contribution in [2.45, 2.75) is 38.5 Å². The van der Waals surface area contributed by atoms with Crippen molar-refractivity contribution in [3.63, 3.8) is 0 Å². The van der Waals surface area contributed by atoms with Crippen molar-refractivity contribution in [3.8, 4) is 0 Å². The van der Waals surface area contributed by atoms with Crippen molar-refractivity contribution >= 4 is 37.9 Å². The minimum absolute atomic E-state index is 0.0663. The largest absolute Gasteiger partial charge is 0.478 e. The molecule has 4 aromatic rings. The zero-order chi connectivity index (χ0) is 23.7. The minimum atomic E-state index is -0.945. The van der Waals surface area contributed by atoms with Gasteiger partial charge in [0.2, 0.25) is 0 Å². The van der Waals surface area contributed by atoms with Crippen LogP contribution in [0.4, 0.5) is 4.39 Å². The molecule has 170 valence electrons. The number of halogens is 2. The van der Waals surface area contributed by atoms with Crippen molar-refractivity contribution in [1.82, 2.24) is 4.34 Å². The van der Waals surface area contributed by atoms with Crippen molar-refractivity contribution < 1.29 is 14.3 Å². The van der Waals surface area contributed by atoms with Crippen molar-refractivity contribution in [2.24, 2.45) is 0 Å². The van der Waals surface area contributed by atoms with Crippen LogP contribution in [0.5, 0.6) is 0 Å². The Labute approximate surface area is 200 Å². The number of hydrogen-bond acceptors (Lipinski definition) is 1. The van der Waals surface area contributed by atoms with Crippen LogP contribution in [0.2, 0.25) is 5.02 Å². The number of carbonyl (C=O) groups is 1. The molecule has 0 bridgehead atoms. The number of carboxylic acids is 1. The monoisotopic (exact) mass is 481 g/mol. The molecule has 0 aliphatic carbocycles. The van der Waals surface area contributed by atoms with Gasteiger partial charge < -0.3 is 9.44 Å². The lowest BCUT2D eigenvalue weighted by molar-refractivity contribution is 0.0697. The second-order valence-electron chi connectivity index (χ2n) is 8.49. The fraction of sp³-hybridized carbons (Fsp3) is 0.222. The van der Waals surface area contributed by atoms with Crippen molar-refractivity contribution in [1.29, 1.82) is 0 Å². The summed E-state index contributed by atoms with van der Waals surface area (Å²) in [6.07, 6.45) is 3.82. The normalized spacial score (nSPS) is 13.2. The molecule has 1 heterocycles. The van der Waals surface area contributed by atoms with E-state index in [0.29, 0.717) is 10.5 Å². The average Bonchev–Trinajstić information content (AvgIpc) is 3.10. The molecule has 0 fully saturated rings. The van der Waals surface area contributed by atoms with Crippen molar-refractivity contribution in [2.75, 3.05) is 0 Å². The van der Waals surface area contributed by atoms with Gasteiger partial charge >= 0.3 is 5.97 Å². The van der Waals surface area contributed by atoms with Gasteiger partial charge in [0.05, 0.1) is 11.1 Å². The number of carboxylic acid groups (broad SMARTS) is 1. The molecule has 0 saturated heterocycles. The lowest BCUT2D eigenvalue weighted by atomic mass is 9.75. The molecule has 4 rings (SSSR count). The number of aromatic nitrogens is 1. The van der Waals surface area contributed by atoms with Gasteiger partial charge in [0, 0.05) is 22.5 Å². The molecule has 0 spiro atoms. The zero-order valence-electron chi connectivity index (χ0n) is 18.6. The summed E-state index contributed by atoms with van der Waals surface area (Å²) in [7, 11) is 2.60. The van der Waals surface area contributed by atoms with E-state index in [1.54, 1.807) is 22.5 Å². The SMILES string of the molecule is CCC[C@H](c1ccc(C(=O)O)cc1)[C@H](c1ccc(Cl)cc1)c1cn(P)c2c(F)cc(C)cc12. The molecule has 3 atom stereocenters. The van der Waals surface area contributed by atoms with E-state index in [4.69, 9.17) is 11.6 Å². The first kappa shape index (κ1) is 23.5. The number of benzene rings is 3. The standard InChI is InChI=1S/C27H26ClFNO2P/c1-3-4-21(17-5-7-19(8-6-17)27(31)32)25(18-9-11-20(28)12-10-18)23-15-30(33)26-22(23)13-16(2)14-24(26)29/h5-15,21,25H,3-4,33H2,1-2H3,(H,31,32)/t21-,25+/m1/s1. The van der Waals surface area contributed by atoms with Crippen LogP contribution in [-0.4, -0.2) is 15.4 Å².